The molecule has 1 saturated heterocycles. The van der Waals surface area contributed by atoms with Crippen molar-refractivity contribution < 1.29 is 23.9 Å². The van der Waals surface area contributed by atoms with Gasteiger partial charge in [0.2, 0.25) is 11.8 Å². The van der Waals surface area contributed by atoms with Crippen molar-refractivity contribution in [1.29, 1.82) is 0 Å². The molecule has 1 fully saturated rings. The first-order chi connectivity index (χ1) is 15.2. The topological polar surface area (TPSA) is 97.0 Å². The lowest BCUT2D eigenvalue weighted by Gasteiger charge is -2.29. The van der Waals surface area contributed by atoms with Crippen LogP contribution in [0.4, 0.5) is 11.4 Å². The van der Waals surface area contributed by atoms with Crippen LogP contribution >= 0.6 is 11.8 Å². The minimum absolute atomic E-state index is 0.170. The largest absolute Gasteiger partial charge is 0.493 e. The molecular weight excluding hydrogens is 430 g/mol. The summed E-state index contributed by atoms with van der Waals surface area (Å²) in [5.74, 6) is 0.168. The van der Waals surface area contributed by atoms with E-state index in [2.05, 4.69) is 10.6 Å². The zero-order valence-corrected chi connectivity index (χ0v) is 19.3. The fourth-order valence-corrected chi connectivity index (χ4v) is 5.89. The molecule has 0 unspecified atom stereocenters. The van der Waals surface area contributed by atoms with Crippen molar-refractivity contribution in [3.8, 4) is 11.5 Å². The third-order valence-corrected chi connectivity index (χ3v) is 7.15. The van der Waals surface area contributed by atoms with Crippen molar-refractivity contribution in [2.75, 3.05) is 24.9 Å². The van der Waals surface area contributed by atoms with Crippen LogP contribution in [-0.4, -0.2) is 47.6 Å². The first-order valence-corrected chi connectivity index (χ1v) is 11.0. The van der Waals surface area contributed by atoms with E-state index < -0.39 is 10.8 Å². The molecule has 9 heteroatoms. The quantitative estimate of drug-likeness (QED) is 0.714. The molecule has 0 aromatic heterocycles. The molecule has 2 aromatic rings. The summed E-state index contributed by atoms with van der Waals surface area (Å²) in [4.78, 5) is 39.7. The first kappa shape index (κ1) is 22.0. The van der Waals surface area contributed by atoms with Crippen molar-refractivity contribution in [3.05, 3.63) is 47.5 Å². The maximum atomic E-state index is 13.5. The van der Waals surface area contributed by atoms with Gasteiger partial charge in [0.15, 0.2) is 11.5 Å². The average molecular weight is 456 g/mol. The summed E-state index contributed by atoms with van der Waals surface area (Å²) in [6.45, 7) is 5.36. The highest BCUT2D eigenvalue weighted by Gasteiger charge is 2.58. The minimum atomic E-state index is -0.692. The van der Waals surface area contributed by atoms with Crippen LogP contribution in [0.2, 0.25) is 0 Å². The van der Waals surface area contributed by atoms with E-state index in [1.807, 2.05) is 19.9 Å². The molecule has 2 aliphatic rings. The molecule has 0 aliphatic carbocycles. The van der Waals surface area contributed by atoms with Gasteiger partial charge < -0.3 is 25.0 Å². The Labute approximate surface area is 190 Å². The smallest absolute Gasteiger partial charge is 0.260 e. The number of carbonyl (C=O) groups excluding carboxylic acids is 3. The number of nitrogens with zero attached hydrogens (tertiary/aromatic N) is 1. The van der Waals surface area contributed by atoms with Gasteiger partial charge in [0.1, 0.15) is 11.4 Å². The Morgan fingerprint density at radius 3 is 2.19 bits per heavy atom. The van der Waals surface area contributed by atoms with E-state index in [-0.39, 0.29) is 23.1 Å². The second-order valence-electron chi connectivity index (χ2n) is 8.20. The maximum Gasteiger partial charge on any atom is 0.260 e. The summed E-state index contributed by atoms with van der Waals surface area (Å²) in [5, 5.41) is 5.32. The molecule has 2 N–H and O–H groups in total. The predicted molar refractivity (Wildman–Crippen MR) is 123 cm³/mol. The Balaban J connectivity index is 1.63. The standard InChI is InChI=1S/C23H25N3O5S/c1-12(27)24-13-6-8-14(9-7-13)25-20(28)19-23(2,3)32-22-15-10-11-16(30-4)18(31-5)17(15)21(29)26(19)22/h6-11,19,22H,1-5H3,(H,24,27)(H,25,28)/t19-,22-/m0/s1. The molecular formula is C23H25N3O5S. The Morgan fingerprint density at radius 1 is 1.00 bits per heavy atom. The van der Waals surface area contributed by atoms with Crippen LogP contribution in [0.25, 0.3) is 0 Å². The van der Waals surface area contributed by atoms with Gasteiger partial charge in [0, 0.05) is 28.6 Å². The Morgan fingerprint density at radius 2 is 1.62 bits per heavy atom. The van der Waals surface area contributed by atoms with Crippen LogP contribution in [0.5, 0.6) is 11.5 Å². The molecule has 0 radical (unpaired) electrons. The summed E-state index contributed by atoms with van der Waals surface area (Å²) >= 11 is 1.57. The van der Waals surface area contributed by atoms with E-state index in [1.54, 1.807) is 47.0 Å². The van der Waals surface area contributed by atoms with Crippen LogP contribution in [0.3, 0.4) is 0 Å². The van der Waals surface area contributed by atoms with E-state index >= 15 is 0 Å². The number of amides is 3. The van der Waals surface area contributed by atoms with Crippen LogP contribution in [-0.2, 0) is 9.59 Å². The predicted octanol–water partition coefficient (Wildman–Crippen LogP) is 3.65. The van der Waals surface area contributed by atoms with Gasteiger partial charge in [-0.1, -0.05) is 6.07 Å². The van der Waals surface area contributed by atoms with Crippen molar-refractivity contribution in [2.45, 2.75) is 36.9 Å². The molecule has 2 aromatic carbocycles. The van der Waals surface area contributed by atoms with Crippen LogP contribution in [0.1, 0.15) is 42.1 Å². The fraction of sp³-hybridized carbons (Fsp3) is 0.348. The van der Waals surface area contributed by atoms with Gasteiger partial charge in [0.25, 0.3) is 5.91 Å². The molecule has 32 heavy (non-hydrogen) atoms. The van der Waals surface area contributed by atoms with Crippen molar-refractivity contribution in [3.63, 3.8) is 0 Å². The molecule has 3 amide bonds. The summed E-state index contributed by atoms with van der Waals surface area (Å²) in [6.07, 6.45) is 0. The van der Waals surface area contributed by atoms with Gasteiger partial charge in [-0.2, -0.15) is 0 Å². The van der Waals surface area contributed by atoms with Gasteiger partial charge in [0.05, 0.1) is 19.8 Å². The third-order valence-electron chi connectivity index (χ3n) is 5.62. The number of fused-ring (bicyclic) bond motifs is 3. The number of anilines is 2. The molecule has 0 saturated carbocycles. The zero-order chi connectivity index (χ0) is 23.2. The maximum absolute atomic E-state index is 13.5. The highest BCUT2D eigenvalue weighted by molar-refractivity contribution is 8.01. The summed E-state index contributed by atoms with van der Waals surface area (Å²) in [7, 11) is 3.02. The summed E-state index contributed by atoms with van der Waals surface area (Å²) < 4.78 is 10.3. The van der Waals surface area contributed by atoms with Gasteiger partial charge in [-0.05, 0) is 44.2 Å². The van der Waals surface area contributed by atoms with Crippen LogP contribution in [0, 0.1) is 0 Å². The van der Waals surface area contributed by atoms with Crippen LogP contribution in [0.15, 0.2) is 36.4 Å². The lowest BCUT2D eigenvalue weighted by Crippen LogP contribution is -2.50. The number of hydrogen-bond acceptors (Lipinski definition) is 6. The first-order valence-electron chi connectivity index (χ1n) is 10.1. The van der Waals surface area contributed by atoms with Crippen molar-refractivity contribution in [1.82, 2.24) is 4.90 Å². The van der Waals surface area contributed by atoms with Crippen molar-refractivity contribution >= 4 is 40.9 Å². The number of benzene rings is 2. The lowest BCUT2D eigenvalue weighted by molar-refractivity contribution is -0.121. The minimum Gasteiger partial charge on any atom is -0.493 e. The number of rotatable bonds is 5. The number of nitrogens with one attached hydrogen (secondary N) is 2. The number of methoxy groups -OCH3 is 2. The number of ether oxygens (including phenoxy) is 2. The average Bonchev–Trinajstić information content (AvgIpc) is 3.17. The normalized spacial score (nSPS) is 20.4. The molecule has 4 rings (SSSR count). The summed E-state index contributed by atoms with van der Waals surface area (Å²) in [6, 6.07) is 9.80. The second kappa shape index (κ2) is 8.05. The van der Waals surface area contributed by atoms with Crippen LogP contribution < -0.4 is 20.1 Å². The molecule has 8 nitrogen and oxygen atoms in total. The van der Waals surface area contributed by atoms with E-state index in [9.17, 15) is 14.4 Å². The molecule has 168 valence electrons. The van der Waals surface area contributed by atoms with Gasteiger partial charge in [-0.25, -0.2) is 0 Å². The van der Waals surface area contributed by atoms with Gasteiger partial charge in [-0.15, -0.1) is 11.8 Å². The molecule has 2 aliphatic heterocycles. The molecule has 2 heterocycles. The molecule has 2 atom stereocenters. The van der Waals surface area contributed by atoms with Gasteiger partial charge >= 0.3 is 0 Å². The van der Waals surface area contributed by atoms with E-state index in [0.717, 1.165) is 5.56 Å². The highest BCUT2D eigenvalue weighted by Crippen LogP contribution is 2.58. The van der Waals surface area contributed by atoms with E-state index in [1.165, 1.54) is 21.1 Å². The Kier molecular flexibility index (Phi) is 5.54. The van der Waals surface area contributed by atoms with E-state index in [0.29, 0.717) is 28.4 Å². The fourth-order valence-electron chi connectivity index (χ4n) is 4.31. The Hall–Kier alpha value is -3.20. The van der Waals surface area contributed by atoms with Gasteiger partial charge in [-0.3, -0.25) is 14.4 Å². The second-order valence-corrected chi connectivity index (χ2v) is 9.94. The third kappa shape index (κ3) is 3.56. The van der Waals surface area contributed by atoms with E-state index in [4.69, 9.17) is 9.47 Å². The van der Waals surface area contributed by atoms with Crippen molar-refractivity contribution in [2.24, 2.45) is 0 Å². The molecule has 0 bridgehead atoms. The SMILES string of the molecule is COc1ccc2c(c1OC)C(=O)N1[C@@H](C(=O)Nc3ccc(NC(C)=O)cc3)C(C)(C)S[C@@H]21. The Bertz CT molecular complexity index is 1100. The summed E-state index contributed by atoms with van der Waals surface area (Å²) in [5.41, 5.74) is 2.48. The lowest BCUT2D eigenvalue weighted by atomic mass is 10.0. The number of carbonyl (C=O) groups is 3. The number of thioether (sulfide) groups is 1. The monoisotopic (exact) mass is 455 g/mol. The molecule has 0 spiro atoms. The number of hydrogen-bond donors (Lipinski definition) is 2. The zero-order valence-electron chi connectivity index (χ0n) is 18.5. The highest BCUT2D eigenvalue weighted by atomic mass is 32.2.